The number of rotatable bonds is 8. The Hall–Kier alpha value is -3.54. The second-order valence-electron chi connectivity index (χ2n) is 7.45. The standard InChI is InChI=1S/C26H22N4O2S2/c1-3-32-25(31)21-14-28-26(34-15-18-7-5-4-6-8-18)30-23(21)20(13-27)24-29-22(16-33-24)19-11-9-17(2)10-12-19/h4-12,14,16,20H,3,15H2,1-2H3/t20-/m0/s1. The van der Waals surface area contributed by atoms with Gasteiger partial charge in [-0.25, -0.2) is 19.7 Å². The summed E-state index contributed by atoms with van der Waals surface area (Å²) in [7, 11) is 0. The Morgan fingerprint density at radius 2 is 1.91 bits per heavy atom. The largest absolute Gasteiger partial charge is 0.462 e. The second kappa shape index (κ2) is 11.1. The van der Waals surface area contributed by atoms with Gasteiger partial charge < -0.3 is 4.74 Å². The van der Waals surface area contributed by atoms with Crippen molar-refractivity contribution in [2.75, 3.05) is 6.61 Å². The molecule has 2 aromatic heterocycles. The lowest BCUT2D eigenvalue weighted by atomic mass is 10.0. The smallest absolute Gasteiger partial charge is 0.341 e. The fourth-order valence-corrected chi connectivity index (χ4v) is 4.92. The van der Waals surface area contributed by atoms with Gasteiger partial charge in [0.1, 0.15) is 16.5 Å². The Kier molecular flexibility index (Phi) is 7.68. The van der Waals surface area contributed by atoms with E-state index in [1.807, 2.05) is 66.9 Å². The summed E-state index contributed by atoms with van der Waals surface area (Å²) in [6.07, 6.45) is 1.45. The van der Waals surface area contributed by atoms with Crippen LogP contribution < -0.4 is 0 Å². The van der Waals surface area contributed by atoms with Crippen LogP contribution >= 0.6 is 23.1 Å². The van der Waals surface area contributed by atoms with Crippen LogP contribution in [0.1, 0.15) is 45.0 Å². The van der Waals surface area contributed by atoms with Crippen molar-refractivity contribution in [3.63, 3.8) is 0 Å². The van der Waals surface area contributed by atoms with E-state index in [1.165, 1.54) is 29.3 Å². The number of nitriles is 1. The first kappa shape index (κ1) is 23.6. The number of carbonyl (C=O) groups is 1. The molecule has 2 aromatic carbocycles. The lowest BCUT2D eigenvalue weighted by Gasteiger charge is -2.12. The lowest BCUT2D eigenvalue weighted by Crippen LogP contribution is -2.14. The number of aromatic nitrogens is 3. The van der Waals surface area contributed by atoms with Crippen LogP contribution in [0, 0.1) is 18.3 Å². The van der Waals surface area contributed by atoms with Crippen molar-refractivity contribution in [1.29, 1.82) is 5.26 Å². The minimum Gasteiger partial charge on any atom is -0.462 e. The summed E-state index contributed by atoms with van der Waals surface area (Å²) in [5, 5.41) is 13.1. The number of thioether (sulfide) groups is 1. The monoisotopic (exact) mass is 486 g/mol. The zero-order chi connectivity index (χ0) is 23.9. The maximum atomic E-state index is 12.6. The predicted molar refractivity (Wildman–Crippen MR) is 134 cm³/mol. The number of esters is 1. The van der Waals surface area contributed by atoms with Crippen molar-refractivity contribution in [2.45, 2.75) is 30.7 Å². The lowest BCUT2D eigenvalue weighted by molar-refractivity contribution is 0.0523. The van der Waals surface area contributed by atoms with E-state index in [1.54, 1.807) is 6.92 Å². The quantitative estimate of drug-likeness (QED) is 0.171. The molecule has 4 aromatic rings. The summed E-state index contributed by atoms with van der Waals surface area (Å²) < 4.78 is 5.20. The van der Waals surface area contributed by atoms with Crippen molar-refractivity contribution in [3.8, 4) is 17.3 Å². The van der Waals surface area contributed by atoms with Crippen LogP contribution in [-0.4, -0.2) is 27.5 Å². The molecule has 0 amide bonds. The van der Waals surface area contributed by atoms with Crippen LogP contribution in [0.2, 0.25) is 0 Å². The average molecular weight is 487 g/mol. The number of hydrogen-bond acceptors (Lipinski definition) is 8. The highest BCUT2D eigenvalue weighted by Crippen LogP contribution is 2.32. The SMILES string of the molecule is CCOC(=O)c1cnc(SCc2ccccc2)nc1[C@H](C#N)c1nc(-c2ccc(C)cc2)cs1. The Balaban J connectivity index is 1.68. The van der Waals surface area contributed by atoms with Crippen molar-refractivity contribution in [3.05, 3.63) is 93.6 Å². The minimum absolute atomic E-state index is 0.185. The highest BCUT2D eigenvalue weighted by atomic mass is 32.2. The predicted octanol–water partition coefficient (Wildman–Crippen LogP) is 6.03. The number of ether oxygens (including phenoxy) is 1. The average Bonchev–Trinajstić information content (AvgIpc) is 3.34. The molecule has 0 aliphatic carbocycles. The van der Waals surface area contributed by atoms with Crippen LogP contribution in [0.4, 0.5) is 0 Å². The molecule has 170 valence electrons. The highest BCUT2D eigenvalue weighted by Gasteiger charge is 2.27. The zero-order valence-electron chi connectivity index (χ0n) is 18.8. The van der Waals surface area contributed by atoms with Crippen molar-refractivity contribution < 1.29 is 9.53 Å². The van der Waals surface area contributed by atoms with E-state index >= 15 is 0 Å². The first-order chi connectivity index (χ1) is 16.6. The van der Waals surface area contributed by atoms with Crippen molar-refractivity contribution >= 4 is 29.1 Å². The maximum Gasteiger partial charge on any atom is 0.341 e. The van der Waals surface area contributed by atoms with E-state index in [9.17, 15) is 10.1 Å². The molecule has 0 bridgehead atoms. The van der Waals surface area contributed by atoms with Gasteiger partial charge in [-0.05, 0) is 19.4 Å². The number of benzene rings is 2. The zero-order valence-corrected chi connectivity index (χ0v) is 20.4. The first-order valence-corrected chi connectivity index (χ1v) is 12.6. The van der Waals surface area contributed by atoms with Gasteiger partial charge in [0, 0.05) is 22.9 Å². The molecule has 0 aliphatic heterocycles. The van der Waals surface area contributed by atoms with E-state index in [4.69, 9.17) is 9.72 Å². The topological polar surface area (TPSA) is 88.8 Å². The van der Waals surface area contributed by atoms with Gasteiger partial charge >= 0.3 is 5.97 Å². The van der Waals surface area contributed by atoms with Gasteiger partial charge in [0.05, 0.1) is 24.1 Å². The third-order valence-electron chi connectivity index (χ3n) is 5.02. The fraction of sp³-hybridized carbons (Fsp3) is 0.192. The van der Waals surface area contributed by atoms with E-state index in [2.05, 4.69) is 16.0 Å². The van der Waals surface area contributed by atoms with Crippen LogP contribution in [0.15, 0.2) is 71.3 Å². The highest BCUT2D eigenvalue weighted by molar-refractivity contribution is 7.98. The molecule has 6 nitrogen and oxygen atoms in total. The third-order valence-corrected chi connectivity index (χ3v) is 6.86. The van der Waals surface area contributed by atoms with Gasteiger partial charge in [-0.2, -0.15) is 5.26 Å². The van der Waals surface area contributed by atoms with Crippen LogP contribution in [0.5, 0.6) is 0 Å². The summed E-state index contributed by atoms with van der Waals surface area (Å²) in [6, 6.07) is 20.3. The molecule has 34 heavy (non-hydrogen) atoms. The normalized spacial score (nSPS) is 11.6. The fourth-order valence-electron chi connectivity index (χ4n) is 3.27. The van der Waals surface area contributed by atoms with E-state index < -0.39 is 11.9 Å². The molecule has 0 radical (unpaired) electrons. The number of hydrogen-bond donors (Lipinski definition) is 0. The van der Waals surface area contributed by atoms with Gasteiger partial charge in [-0.15, -0.1) is 11.3 Å². The van der Waals surface area contributed by atoms with Gasteiger partial charge in [0.25, 0.3) is 0 Å². The molecule has 0 spiro atoms. The Morgan fingerprint density at radius 3 is 2.62 bits per heavy atom. The van der Waals surface area contributed by atoms with Crippen LogP contribution in [-0.2, 0) is 10.5 Å². The molecule has 0 saturated heterocycles. The molecule has 0 fully saturated rings. The van der Waals surface area contributed by atoms with Crippen LogP contribution in [0.3, 0.4) is 0 Å². The number of nitrogens with zero attached hydrogens (tertiary/aromatic N) is 4. The molecule has 0 aliphatic rings. The number of carbonyl (C=O) groups excluding carboxylic acids is 1. The van der Waals surface area contributed by atoms with Gasteiger partial charge in [-0.3, -0.25) is 0 Å². The molecular weight excluding hydrogens is 464 g/mol. The molecule has 0 unspecified atom stereocenters. The summed E-state index contributed by atoms with van der Waals surface area (Å²) >= 11 is 2.82. The van der Waals surface area contributed by atoms with E-state index in [0.29, 0.717) is 21.6 Å². The van der Waals surface area contributed by atoms with Gasteiger partial charge in [-0.1, -0.05) is 71.9 Å². The number of aryl methyl sites for hydroxylation is 1. The first-order valence-electron chi connectivity index (χ1n) is 10.7. The van der Waals surface area contributed by atoms with Crippen LogP contribution in [0.25, 0.3) is 11.3 Å². The number of thiazole rings is 1. The van der Waals surface area contributed by atoms with Gasteiger partial charge in [0.15, 0.2) is 5.16 Å². The van der Waals surface area contributed by atoms with E-state index in [-0.39, 0.29) is 12.2 Å². The molecule has 0 saturated carbocycles. The van der Waals surface area contributed by atoms with Crippen molar-refractivity contribution in [2.24, 2.45) is 0 Å². The Morgan fingerprint density at radius 1 is 1.15 bits per heavy atom. The third kappa shape index (κ3) is 5.50. The molecule has 4 rings (SSSR count). The Bertz CT molecular complexity index is 1310. The summed E-state index contributed by atoms with van der Waals surface area (Å²) in [5.41, 5.74) is 4.55. The minimum atomic E-state index is -0.817. The summed E-state index contributed by atoms with van der Waals surface area (Å²) in [5.74, 6) is -0.694. The maximum absolute atomic E-state index is 12.6. The molecule has 0 N–H and O–H groups in total. The molecule has 8 heteroatoms. The summed E-state index contributed by atoms with van der Waals surface area (Å²) in [4.78, 5) is 26.3. The van der Waals surface area contributed by atoms with Crippen molar-refractivity contribution in [1.82, 2.24) is 15.0 Å². The molecule has 1 atom stereocenters. The molecular formula is C26H22N4O2S2. The van der Waals surface area contributed by atoms with Gasteiger partial charge in [0.2, 0.25) is 0 Å². The summed E-state index contributed by atoms with van der Waals surface area (Å²) in [6.45, 7) is 3.98. The Labute approximate surface area is 206 Å². The van der Waals surface area contributed by atoms with E-state index in [0.717, 1.165) is 22.4 Å². The molecule has 2 heterocycles. The second-order valence-corrected chi connectivity index (χ2v) is 9.28.